The highest BCUT2D eigenvalue weighted by atomic mass is 32.1. The smallest absolute Gasteiger partial charge is 0.183 e. The van der Waals surface area contributed by atoms with E-state index in [1.54, 1.807) is 11.3 Å². The van der Waals surface area contributed by atoms with Crippen LogP contribution in [0.4, 0.5) is 5.13 Å². The van der Waals surface area contributed by atoms with Crippen molar-refractivity contribution in [3.05, 3.63) is 11.1 Å². The predicted molar refractivity (Wildman–Crippen MR) is 65.5 cm³/mol. The van der Waals surface area contributed by atoms with E-state index in [1.165, 1.54) is 25.0 Å². The third-order valence-electron chi connectivity index (χ3n) is 3.09. The maximum absolute atomic E-state index is 4.66. The fourth-order valence-corrected chi connectivity index (χ4v) is 2.93. The van der Waals surface area contributed by atoms with E-state index in [1.807, 2.05) is 7.05 Å². The molecule has 1 aromatic heterocycles. The van der Waals surface area contributed by atoms with Gasteiger partial charge in [0.1, 0.15) is 0 Å². The van der Waals surface area contributed by atoms with Crippen molar-refractivity contribution in [1.29, 1.82) is 0 Å². The fourth-order valence-electron chi connectivity index (χ4n) is 1.97. The molecule has 1 aromatic rings. The number of hydrogen-bond donors (Lipinski definition) is 2. The van der Waals surface area contributed by atoms with Gasteiger partial charge in [-0.05, 0) is 40.2 Å². The Labute approximate surface area is 95.3 Å². The topological polar surface area (TPSA) is 37.0 Å². The molecule has 0 saturated heterocycles. The van der Waals surface area contributed by atoms with E-state index in [9.17, 15) is 0 Å². The average Bonchev–Trinajstić information content (AvgIpc) is 2.51. The SMILES string of the molecule is CNC1(c2csc(NC(C)C)n2)CCC1. The van der Waals surface area contributed by atoms with Crippen LogP contribution < -0.4 is 10.6 Å². The summed E-state index contributed by atoms with van der Waals surface area (Å²) in [7, 11) is 2.04. The minimum Gasteiger partial charge on any atom is -0.359 e. The van der Waals surface area contributed by atoms with Crippen LogP contribution in [-0.4, -0.2) is 18.1 Å². The van der Waals surface area contributed by atoms with Crippen LogP contribution in [0, 0.1) is 0 Å². The van der Waals surface area contributed by atoms with Crippen LogP contribution in [0.3, 0.4) is 0 Å². The second-order valence-electron chi connectivity index (χ2n) is 4.52. The molecule has 4 heteroatoms. The minimum atomic E-state index is 0.174. The van der Waals surface area contributed by atoms with Gasteiger partial charge in [-0.25, -0.2) is 4.98 Å². The number of thiazole rings is 1. The lowest BCUT2D eigenvalue weighted by Gasteiger charge is -2.40. The van der Waals surface area contributed by atoms with Gasteiger partial charge in [-0.2, -0.15) is 0 Å². The molecule has 0 spiro atoms. The second-order valence-corrected chi connectivity index (χ2v) is 5.38. The zero-order valence-electron chi connectivity index (χ0n) is 9.63. The van der Waals surface area contributed by atoms with E-state index in [-0.39, 0.29) is 5.54 Å². The Morgan fingerprint density at radius 3 is 2.67 bits per heavy atom. The molecule has 15 heavy (non-hydrogen) atoms. The highest BCUT2D eigenvalue weighted by Gasteiger charge is 2.39. The highest BCUT2D eigenvalue weighted by Crippen LogP contribution is 2.41. The van der Waals surface area contributed by atoms with Gasteiger partial charge in [0.2, 0.25) is 0 Å². The summed E-state index contributed by atoms with van der Waals surface area (Å²) >= 11 is 1.71. The number of rotatable bonds is 4. The molecule has 2 N–H and O–H groups in total. The molecule has 0 unspecified atom stereocenters. The molecule has 1 fully saturated rings. The van der Waals surface area contributed by atoms with Crippen molar-refractivity contribution in [2.75, 3.05) is 12.4 Å². The Hall–Kier alpha value is -0.610. The van der Waals surface area contributed by atoms with Crippen molar-refractivity contribution >= 4 is 16.5 Å². The van der Waals surface area contributed by atoms with Crippen LogP contribution in [0.2, 0.25) is 0 Å². The van der Waals surface area contributed by atoms with Gasteiger partial charge in [-0.3, -0.25) is 0 Å². The normalized spacial score (nSPS) is 18.9. The van der Waals surface area contributed by atoms with E-state index < -0.39 is 0 Å². The molecule has 84 valence electrons. The minimum absolute atomic E-state index is 0.174. The Morgan fingerprint density at radius 1 is 1.47 bits per heavy atom. The quantitative estimate of drug-likeness (QED) is 0.827. The molecule has 0 atom stereocenters. The summed E-state index contributed by atoms with van der Waals surface area (Å²) in [5.41, 5.74) is 1.39. The molecule has 1 aliphatic rings. The molecule has 0 bridgehead atoms. The van der Waals surface area contributed by atoms with Gasteiger partial charge in [0.05, 0.1) is 11.2 Å². The second kappa shape index (κ2) is 4.10. The molecule has 0 amide bonds. The first-order chi connectivity index (χ1) is 7.16. The first-order valence-corrected chi connectivity index (χ1v) is 6.46. The highest BCUT2D eigenvalue weighted by molar-refractivity contribution is 7.13. The molecular formula is C11H19N3S. The summed E-state index contributed by atoms with van der Waals surface area (Å²) in [6.45, 7) is 4.27. The Morgan fingerprint density at radius 2 is 2.20 bits per heavy atom. The van der Waals surface area contributed by atoms with Gasteiger partial charge < -0.3 is 10.6 Å². The lowest BCUT2D eigenvalue weighted by molar-refractivity contribution is 0.196. The van der Waals surface area contributed by atoms with Crippen LogP contribution in [-0.2, 0) is 5.54 Å². The zero-order valence-corrected chi connectivity index (χ0v) is 10.4. The Kier molecular flexibility index (Phi) is 2.98. The van der Waals surface area contributed by atoms with Gasteiger partial charge in [0, 0.05) is 11.4 Å². The number of hydrogen-bond acceptors (Lipinski definition) is 4. The molecule has 1 saturated carbocycles. The molecule has 0 radical (unpaired) electrons. The van der Waals surface area contributed by atoms with Crippen LogP contribution in [0.15, 0.2) is 5.38 Å². The van der Waals surface area contributed by atoms with Crippen molar-refractivity contribution in [3.8, 4) is 0 Å². The van der Waals surface area contributed by atoms with Crippen molar-refractivity contribution in [2.24, 2.45) is 0 Å². The van der Waals surface area contributed by atoms with Crippen LogP contribution in [0.25, 0.3) is 0 Å². The van der Waals surface area contributed by atoms with E-state index in [4.69, 9.17) is 0 Å². The summed E-state index contributed by atoms with van der Waals surface area (Å²) < 4.78 is 0. The molecule has 0 aromatic carbocycles. The third-order valence-corrected chi connectivity index (χ3v) is 3.87. The maximum Gasteiger partial charge on any atom is 0.183 e. The standard InChI is InChI=1S/C11H19N3S/c1-8(2)13-10-14-9(7-15-10)11(12-3)5-4-6-11/h7-8,12H,4-6H2,1-3H3,(H,13,14). The molecular weight excluding hydrogens is 206 g/mol. The van der Waals surface area contributed by atoms with Crippen LogP contribution >= 0.6 is 11.3 Å². The third kappa shape index (κ3) is 2.01. The zero-order chi connectivity index (χ0) is 10.9. The Bertz CT molecular complexity index is 323. The van der Waals surface area contributed by atoms with Gasteiger partial charge in [0.25, 0.3) is 0 Å². The number of nitrogens with zero attached hydrogens (tertiary/aromatic N) is 1. The number of anilines is 1. The van der Waals surface area contributed by atoms with Gasteiger partial charge >= 0.3 is 0 Å². The Balaban J connectivity index is 2.12. The van der Waals surface area contributed by atoms with Crippen molar-refractivity contribution in [3.63, 3.8) is 0 Å². The van der Waals surface area contributed by atoms with E-state index in [2.05, 4.69) is 34.8 Å². The van der Waals surface area contributed by atoms with Gasteiger partial charge in [0.15, 0.2) is 5.13 Å². The monoisotopic (exact) mass is 225 g/mol. The van der Waals surface area contributed by atoms with Crippen molar-refractivity contribution in [1.82, 2.24) is 10.3 Å². The predicted octanol–water partition coefficient (Wildman–Crippen LogP) is 2.56. The van der Waals surface area contributed by atoms with Crippen molar-refractivity contribution < 1.29 is 0 Å². The van der Waals surface area contributed by atoms with Gasteiger partial charge in [-0.15, -0.1) is 11.3 Å². The summed E-state index contributed by atoms with van der Waals surface area (Å²) in [6, 6.07) is 0.455. The molecule has 3 nitrogen and oxygen atoms in total. The first kappa shape index (κ1) is 10.9. The summed E-state index contributed by atoms with van der Waals surface area (Å²) in [6.07, 6.45) is 3.74. The molecule has 0 aliphatic heterocycles. The summed E-state index contributed by atoms with van der Waals surface area (Å²) in [4.78, 5) is 4.66. The lowest BCUT2D eigenvalue weighted by atomic mass is 9.75. The first-order valence-electron chi connectivity index (χ1n) is 5.58. The summed E-state index contributed by atoms with van der Waals surface area (Å²) in [5.74, 6) is 0. The van der Waals surface area contributed by atoms with E-state index >= 15 is 0 Å². The van der Waals surface area contributed by atoms with Crippen LogP contribution in [0.1, 0.15) is 38.8 Å². The molecule has 1 heterocycles. The summed E-state index contributed by atoms with van der Waals surface area (Å²) in [5, 5.41) is 9.99. The maximum atomic E-state index is 4.66. The lowest BCUT2D eigenvalue weighted by Crippen LogP contribution is -2.46. The van der Waals surface area contributed by atoms with Gasteiger partial charge in [-0.1, -0.05) is 0 Å². The number of aromatic nitrogens is 1. The number of nitrogens with one attached hydrogen (secondary N) is 2. The van der Waals surface area contributed by atoms with E-state index in [0.29, 0.717) is 6.04 Å². The fraction of sp³-hybridized carbons (Fsp3) is 0.727. The molecule has 2 rings (SSSR count). The van der Waals surface area contributed by atoms with E-state index in [0.717, 1.165) is 5.13 Å². The van der Waals surface area contributed by atoms with Crippen LogP contribution in [0.5, 0.6) is 0 Å². The van der Waals surface area contributed by atoms with Crippen molar-refractivity contribution in [2.45, 2.75) is 44.7 Å². The average molecular weight is 225 g/mol. The largest absolute Gasteiger partial charge is 0.359 e. The molecule has 1 aliphatic carbocycles.